The first kappa shape index (κ1) is 11.4. The first-order valence-electron chi connectivity index (χ1n) is 5.94. The number of rotatable bonds is 2. The maximum atomic E-state index is 5.67. The molecule has 0 aliphatic heterocycles. The van der Waals surface area contributed by atoms with Crippen molar-refractivity contribution in [1.29, 1.82) is 0 Å². The minimum Gasteiger partial charge on any atom is -0.368 e. The lowest BCUT2D eigenvalue weighted by molar-refractivity contribution is 1.09. The normalized spacial score (nSPS) is 10.6. The van der Waals surface area contributed by atoms with E-state index in [4.69, 9.17) is 5.73 Å². The minimum absolute atomic E-state index is 0.299. The van der Waals surface area contributed by atoms with Crippen molar-refractivity contribution >= 4 is 5.95 Å². The zero-order valence-corrected chi connectivity index (χ0v) is 10.5. The molecule has 0 atom stereocenters. The average molecular weight is 251 g/mol. The molecule has 0 radical (unpaired) electrons. The van der Waals surface area contributed by atoms with Crippen LogP contribution in [0.3, 0.4) is 0 Å². The van der Waals surface area contributed by atoms with Gasteiger partial charge in [0, 0.05) is 17.5 Å². The van der Waals surface area contributed by atoms with E-state index in [2.05, 4.69) is 20.2 Å². The molecule has 0 amide bonds. The van der Waals surface area contributed by atoms with Crippen molar-refractivity contribution in [2.24, 2.45) is 0 Å². The molecule has 1 aromatic carbocycles. The van der Waals surface area contributed by atoms with E-state index in [1.54, 1.807) is 6.20 Å². The summed E-state index contributed by atoms with van der Waals surface area (Å²) in [4.78, 5) is 8.31. The molecule has 3 N–H and O–H groups in total. The third-order valence-corrected chi connectivity index (χ3v) is 2.86. The highest BCUT2D eigenvalue weighted by Gasteiger charge is 2.04. The van der Waals surface area contributed by atoms with Gasteiger partial charge in [0.15, 0.2) is 0 Å². The fourth-order valence-corrected chi connectivity index (χ4v) is 1.98. The number of aromatic nitrogens is 4. The summed E-state index contributed by atoms with van der Waals surface area (Å²) in [5, 5.41) is 6.88. The lowest BCUT2D eigenvalue weighted by Crippen LogP contribution is -1.98. The van der Waals surface area contributed by atoms with Crippen LogP contribution in [0.1, 0.15) is 5.69 Å². The van der Waals surface area contributed by atoms with Crippen LogP contribution in [-0.4, -0.2) is 20.2 Å². The number of H-pyrrole nitrogens is 1. The van der Waals surface area contributed by atoms with Gasteiger partial charge in [0.1, 0.15) is 0 Å². The predicted octanol–water partition coefficient (Wildman–Crippen LogP) is 2.42. The molecule has 3 aromatic rings. The molecule has 3 rings (SSSR count). The molecule has 0 unspecified atom stereocenters. The Morgan fingerprint density at radius 3 is 2.37 bits per heavy atom. The topological polar surface area (TPSA) is 80.5 Å². The fraction of sp³-hybridized carbons (Fsp3) is 0.0714. The van der Waals surface area contributed by atoms with Crippen LogP contribution in [0.4, 0.5) is 5.95 Å². The number of nitrogens with one attached hydrogen (secondary N) is 1. The van der Waals surface area contributed by atoms with E-state index >= 15 is 0 Å². The number of aryl methyl sites for hydroxylation is 1. The van der Waals surface area contributed by atoms with Gasteiger partial charge in [-0.05, 0) is 24.6 Å². The van der Waals surface area contributed by atoms with Crippen LogP contribution >= 0.6 is 0 Å². The molecule has 0 aliphatic carbocycles. The van der Waals surface area contributed by atoms with Crippen LogP contribution < -0.4 is 5.73 Å². The van der Waals surface area contributed by atoms with Gasteiger partial charge in [-0.25, -0.2) is 9.97 Å². The van der Waals surface area contributed by atoms with Gasteiger partial charge in [0.2, 0.25) is 5.95 Å². The minimum atomic E-state index is 0.299. The van der Waals surface area contributed by atoms with Gasteiger partial charge in [0.05, 0.1) is 11.4 Å². The highest BCUT2D eigenvalue weighted by atomic mass is 15.1. The number of aromatic amines is 1. The standard InChI is InChI=1S/C14H13N5/c1-9-8-13(18-14(15)17-9)11-4-2-10(3-5-11)12-6-7-16-19-12/h2-8H,1H3,(H,16,19)(H2,15,17,18). The van der Waals surface area contributed by atoms with Crippen LogP contribution in [-0.2, 0) is 0 Å². The van der Waals surface area contributed by atoms with E-state index in [1.165, 1.54) is 0 Å². The summed E-state index contributed by atoms with van der Waals surface area (Å²) in [6.07, 6.45) is 1.73. The third-order valence-electron chi connectivity index (χ3n) is 2.86. The molecule has 0 fully saturated rings. The van der Waals surface area contributed by atoms with Crippen LogP contribution in [0.15, 0.2) is 42.6 Å². The molecule has 19 heavy (non-hydrogen) atoms. The van der Waals surface area contributed by atoms with Crippen LogP contribution in [0, 0.1) is 6.92 Å². The summed E-state index contributed by atoms with van der Waals surface area (Å²) in [6.45, 7) is 1.90. The monoisotopic (exact) mass is 251 g/mol. The average Bonchev–Trinajstić information content (AvgIpc) is 2.91. The Labute approximate surface area is 110 Å². The maximum absolute atomic E-state index is 5.67. The van der Waals surface area contributed by atoms with Crippen LogP contribution in [0.2, 0.25) is 0 Å². The second-order valence-electron chi connectivity index (χ2n) is 4.30. The molecule has 2 aromatic heterocycles. The molecule has 0 saturated carbocycles. The van der Waals surface area contributed by atoms with Gasteiger partial charge in [-0.15, -0.1) is 0 Å². The highest BCUT2D eigenvalue weighted by molar-refractivity contribution is 5.67. The van der Waals surface area contributed by atoms with Crippen LogP contribution in [0.25, 0.3) is 22.5 Å². The van der Waals surface area contributed by atoms with E-state index in [1.807, 2.05) is 43.3 Å². The molecule has 2 heterocycles. The summed E-state index contributed by atoms with van der Waals surface area (Å²) in [5.41, 5.74) is 10.5. The van der Waals surface area contributed by atoms with Gasteiger partial charge in [-0.1, -0.05) is 24.3 Å². The molecule has 0 aliphatic rings. The van der Waals surface area contributed by atoms with Crippen molar-refractivity contribution in [2.75, 3.05) is 5.73 Å². The molecule has 0 bridgehead atoms. The van der Waals surface area contributed by atoms with E-state index in [9.17, 15) is 0 Å². The molecular weight excluding hydrogens is 238 g/mol. The van der Waals surface area contributed by atoms with Crippen molar-refractivity contribution in [3.05, 3.63) is 48.3 Å². The van der Waals surface area contributed by atoms with Gasteiger partial charge >= 0.3 is 0 Å². The summed E-state index contributed by atoms with van der Waals surface area (Å²) in [7, 11) is 0. The molecule has 94 valence electrons. The van der Waals surface area contributed by atoms with Crippen molar-refractivity contribution < 1.29 is 0 Å². The molecule has 5 heteroatoms. The van der Waals surface area contributed by atoms with Crippen molar-refractivity contribution in [2.45, 2.75) is 6.92 Å². The van der Waals surface area contributed by atoms with E-state index in [0.29, 0.717) is 5.95 Å². The highest BCUT2D eigenvalue weighted by Crippen LogP contribution is 2.23. The molecule has 0 saturated heterocycles. The third kappa shape index (κ3) is 2.30. The van der Waals surface area contributed by atoms with Crippen LogP contribution in [0.5, 0.6) is 0 Å². The second-order valence-corrected chi connectivity index (χ2v) is 4.30. The summed E-state index contributed by atoms with van der Waals surface area (Å²) in [6, 6.07) is 11.9. The SMILES string of the molecule is Cc1cc(-c2ccc(-c3ccn[nH]3)cc2)nc(N)n1. The molecular formula is C14H13N5. The molecule has 5 nitrogen and oxygen atoms in total. The van der Waals surface area contributed by atoms with Gasteiger partial charge in [0.25, 0.3) is 0 Å². The smallest absolute Gasteiger partial charge is 0.220 e. The summed E-state index contributed by atoms with van der Waals surface area (Å²) < 4.78 is 0. The molecule has 0 spiro atoms. The fourth-order valence-electron chi connectivity index (χ4n) is 1.98. The van der Waals surface area contributed by atoms with Crippen molar-refractivity contribution in [1.82, 2.24) is 20.2 Å². The Morgan fingerprint density at radius 1 is 1.00 bits per heavy atom. The number of nitrogens with two attached hydrogens (primary N) is 1. The van der Waals surface area contributed by atoms with Crippen molar-refractivity contribution in [3.8, 4) is 22.5 Å². The predicted molar refractivity (Wildman–Crippen MR) is 74.2 cm³/mol. The number of benzene rings is 1. The largest absolute Gasteiger partial charge is 0.368 e. The zero-order chi connectivity index (χ0) is 13.2. The summed E-state index contributed by atoms with van der Waals surface area (Å²) in [5.74, 6) is 0.299. The first-order chi connectivity index (χ1) is 9.22. The van der Waals surface area contributed by atoms with E-state index in [0.717, 1.165) is 28.2 Å². The van der Waals surface area contributed by atoms with Gasteiger partial charge in [-0.2, -0.15) is 5.10 Å². The van der Waals surface area contributed by atoms with Crippen molar-refractivity contribution in [3.63, 3.8) is 0 Å². The van der Waals surface area contributed by atoms with Gasteiger partial charge in [-0.3, -0.25) is 5.10 Å². The lowest BCUT2D eigenvalue weighted by Gasteiger charge is -2.04. The Kier molecular flexibility index (Phi) is 2.72. The Hall–Kier alpha value is -2.69. The summed E-state index contributed by atoms with van der Waals surface area (Å²) >= 11 is 0. The lowest BCUT2D eigenvalue weighted by atomic mass is 10.1. The Morgan fingerprint density at radius 2 is 1.74 bits per heavy atom. The zero-order valence-electron chi connectivity index (χ0n) is 10.5. The number of hydrogen-bond acceptors (Lipinski definition) is 4. The Balaban J connectivity index is 1.98. The number of anilines is 1. The number of nitrogen functional groups attached to an aromatic ring is 1. The first-order valence-corrected chi connectivity index (χ1v) is 5.94. The Bertz CT molecular complexity index is 666. The van der Waals surface area contributed by atoms with E-state index < -0.39 is 0 Å². The van der Waals surface area contributed by atoms with E-state index in [-0.39, 0.29) is 0 Å². The second kappa shape index (κ2) is 4.53. The quantitative estimate of drug-likeness (QED) is 0.733. The van der Waals surface area contributed by atoms with Gasteiger partial charge < -0.3 is 5.73 Å². The maximum Gasteiger partial charge on any atom is 0.220 e. The number of nitrogens with zero attached hydrogens (tertiary/aromatic N) is 3. The number of hydrogen-bond donors (Lipinski definition) is 2.